The second-order valence-electron chi connectivity index (χ2n) is 7.27. The van der Waals surface area contributed by atoms with E-state index in [-0.39, 0.29) is 11.6 Å². The summed E-state index contributed by atoms with van der Waals surface area (Å²) in [7, 11) is 5.12. The van der Waals surface area contributed by atoms with E-state index in [0.717, 1.165) is 12.1 Å². The van der Waals surface area contributed by atoms with E-state index >= 15 is 0 Å². The Morgan fingerprint density at radius 1 is 1.18 bits per heavy atom. The third kappa shape index (κ3) is 2.71. The van der Waals surface area contributed by atoms with Gasteiger partial charge in [0, 0.05) is 23.5 Å². The number of hydrogen-bond donors (Lipinski definition) is 2. The highest BCUT2D eigenvalue weighted by Gasteiger charge is 2.59. The molecule has 2 N–H and O–H groups in total. The molecular weight excluding hydrogens is 354 g/mol. The van der Waals surface area contributed by atoms with Crippen LogP contribution < -0.4 is 14.4 Å². The van der Waals surface area contributed by atoms with Gasteiger partial charge in [-0.15, -0.1) is 0 Å². The number of methoxy groups -OCH3 is 2. The lowest BCUT2D eigenvalue weighted by Gasteiger charge is -2.46. The largest absolute Gasteiger partial charge is 0.497 e. The molecule has 0 amide bonds. The van der Waals surface area contributed by atoms with Gasteiger partial charge in [-0.3, -0.25) is 0 Å². The fraction of sp³-hybridized carbons (Fsp3) is 0.429. The molecule has 4 atom stereocenters. The van der Waals surface area contributed by atoms with Gasteiger partial charge in [-0.1, -0.05) is 6.07 Å². The zero-order valence-electron chi connectivity index (χ0n) is 16.1. The van der Waals surface area contributed by atoms with Crippen molar-refractivity contribution in [3.05, 3.63) is 35.4 Å². The molecule has 7 heteroatoms. The zero-order chi connectivity index (χ0) is 20.5. The Kier molecular flexibility index (Phi) is 5.10. The van der Waals surface area contributed by atoms with Gasteiger partial charge in [0.15, 0.2) is 5.41 Å². The summed E-state index contributed by atoms with van der Waals surface area (Å²) >= 11 is 0. The zero-order valence-corrected chi connectivity index (χ0v) is 16.1. The van der Waals surface area contributed by atoms with Crippen LogP contribution in [0, 0.1) is 56.7 Å². The summed E-state index contributed by atoms with van der Waals surface area (Å²) in [4.78, 5) is 1.22. The van der Waals surface area contributed by atoms with Crippen molar-refractivity contribution in [2.75, 3.05) is 34.4 Å². The van der Waals surface area contributed by atoms with E-state index in [2.05, 4.69) is 18.2 Å². The van der Waals surface area contributed by atoms with Crippen LogP contribution in [0.4, 0.5) is 0 Å². The summed E-state index contributed by atoms with van der Waals surface area (Å²) in [5.41, 5.74) is -0.368. The van der Waals surface area contributed by atoms with Crippen molar-refractivity contribution in [1.29, 1.82) is 21.2 Å². The molecule has 2 unspecified atom stereocenters. The molecule has 28 heavy (non-hydrogen) atoms. The number of ether oxygens (including phenoxy) is 2. The van der Waals surface area contributed by atoms with Crippen molar-refractivity contribution < 1.29 is 14.4 Å². The quantitative estimate of drug-likeness (QED) is 0.765. The van der Waals surface area contributed by atoms with Crippen molar-refractivity contribution in [1.82, 2.24) is 0 Å². The average molecular weight is 376 g/mol. The maximum Gasteiger partial charge on any atom is 0.190 e. The second-order valence-corrected chi connectivity index (χ2v) is 7.27. The molecule has 1 fully saturated rings. The van der Waals surface area contributed by atoms with Crippen LogP contribution in [0.2, 0.25) is 0 Å². The Hall–Kier alpha value is -3.34. The Morgan fingerprint density at radius 2 is 1.89 bits per heavy atom. The smallest absolute Gasteiger partial charge is 0.190 e. The molecule has 0 bridgehead atoms. The van der Waals surface area contributed by atoms with Gasteiger partial charge in [0.05, 0.1) is 58.3 Å². The number of fused-ring (bicyclic) bond motifs is 1. The molecule has 1 aliphatic carbocycles. The number of quaternary nitrogens is 1. The predicted molar refractivity (Wildman–Crippen MR) is 101 cm³/mol. The number of rotatable bonds is 3. The van der Waals surface area contributed by atoms with Crippen LogP contribution >= 0.6 is 0 Å². The van der Waals surface area contributed by atoms with Gasteiger partial charge in [0.25, 0.3) is 0 Å². The molecule has 1 aromatic carbocycles. The van der Waals surface area contributed by atoms with E-state index in [1.807, 2.05) is 13.1 Å². The Morgan fingerprint density at radius 3 is 2.46 bits per heavy atom. The molecule has 0 radical (unpaired) electrons. The van der Waals surface area contributed by atoms with Crippen molar-refractivity contribution in [2.24, 2.45) is 17.3 Å². The number of nitrogens with zero attached hydrogens (tertiary/aromatic N) is 3. The van der Waals surface area contributed by atoms with Gasteiger partial charge in [-0.2, -0.15) is 15.8 Å². The first-order valence-corrected chi connectivity index (χ1v) is 9.01. The number of hydrogen-bond acceptors (Lipinski definition) is 6. The average Bonchev–Trinajstić information content (AvgIpc) is 2.73. The molecule has 1 heterocycles. The van der Waals surface area contributed by atoms with Crippen LogP contribution in [-0.2, 0) is 0 Å². The molecule has 2 aliphatic rings. The summed E-state index contributed by atoms with van der Waals surface area (Å²) in [5, 5.41) is 38.5. The standard InChI is InChI=1S/C21H21N5O2/c1-26-7-6-14-16(9-22)20(25)21(11-23,12-24)19(17(14)10-26)15-5-4-13(27-2)8-18(15)28-3/h4-6,8,16-17,19,25H,7,10H2,1-3H3/p+1/t16?,17-,19+/m1/s1. The number of nitriles is 3. The Balaban J connectivity index is 2.30. The lowest BCUT2D eigenvalue weighted by molar-refractivity contribution is -0.878. The van der Waals surface area contributed by atoms with E-state index in [1.54, 1.807) is 25.3 Å². The SMILES string of the molecule is COc1ccc([C@H]2[C@@H]3C[NH+](C)CC=C3C(C#N)C(=N)C2(C#N)C#N)c(OC)c1. The van der Waals surface area contributed by atoms with Crippen molar-refractivity contribution >= 4 is 5.71 Å². The normalized spacial score (nSPS) is 28.0. The number of nitrogens with one attached hydrogen (secondary N) is 2. The fourth-order valence-electron chi connectivity index (χ4n) is 4.47. The predicted octanol–water partition coefficient (Wildman–Crippen LogP) is 1.07. The Labute approximate surface area is 164 Å². The monoisotopic (exact) mass is 376 g/mol. The van der Waals surface area contributed by atoms with E-state index in [4.69, 9.17) is 14.9 Å². The maximum absolute atomic E-state index is 10.1. The molecule has 1 saturated carbocycles. The molecular formula is C21H22N5O2+. The Bertz CT molecular complexity index is 948. The van der Waals surface area contributed by atoms with E-state index < -0.39 is 17.3 Å². The minimum atomic E-state index is -1.73. The lowest BCUT2D eigenvalue weighted by atomic mass is 9.54. The lowest BCUT2D eigenvalue weighted by Crippen LogP contribution is -3.10. The highest BCUT2D eigenvalue weighted by Crippen LogP contribution is 2.54. The van der Waals surface area contributed by atoms with Gasteiger partial charge in [0.2, 0.25) is 0 Å². The molecule has 7 nitrogen and oxygen atoms in total. The van der Waals surface area contributed by atoms with Crippen LogP contribution in [0.5, 0.6) is 11.5 Å². The molecule has 3 rings (SSSR count). The fourth-order valence-corrected chi connectivity index (χ4v) is 4.47. The second kappa shape index (κ2) is 7.35. The summed E-state index contributed by atoms with van der Waals surface area (Å²) in [6.45, 7) is 1.41. The maximum atomic E-state index is 10.1. The van der Waals surface area contributed by atoms with Crippen LogP contribution in [0.15, 0.2) is 29.8 Å². The van der Waals surface area contributed by atoms with Crippen LogP contribution in [-0.4, -0.2) is 40.1 Å². The van der Waals surface area contributed by atoms with Crippen molar-refractivity contribution in [2.45, 2.75) is 5.92 Å². The highest BCUT2D eigenvalue weighted by atomic mass is 16.5. The topological polar surface area (TPSA) is 118 Å². The summed E-state index contributed by atoms with van der Waals surface area (Å²) in [6.07, 6.45) is 1.99. The van der Waals surface area contributed by atoms with Gasteiger partial charge < -0.3 is 19.8 Å². The van der Waals surface area contributed by atoms with Crippen molar-refractivity contribution in [3.8, 4) is 29.7 Å². The third-order valence-electron chi connectivity index (χ3n) is 5.86. The van der Waals surface area contributed by atoms with Gasteiger partial charge in [-0.05, 0) is 17.7 Å². The van der Waals surface area contributed by atoms with Gasteiger partial charge in [0.1, 0.15) is 17.4 Å². The van der Waals surface area contributed by atoms with Crippen LogP contribution in [0.1, 0.15) is 11.5 Å². The first kappa shape index (κ1) is 19.4. The molecule has 0 aromatic heterocycles. The van der Waals surface area contributed by atoms with E-state index in [9.17, 15) is 15.8 Å². The minimum Gasteiger partial charge on any atom is -0.497 e. The first-order valence-electron chi connectivity index (χ1n) is 9.01. The van der Waals surface area contributed by atoms with Gasteiger partial charge in [-0.25, -0.2) is 0 Å². The highest BCUT2D eigenvalue weighted by molar-refractivity contribution is 6.01. The van der Waals surface area contributed by atoms with E-state index in [1.165, 1.54) is 12.0 Å². The third-order valence-corrected chi connectivity index (χ3v) is 5.86. The van der Waals surface area contributed by atoms with Crippen molar-refractivity contribution in [3.63, 3.8) is 0 Å². The van der Waals surface area contributed by atoms with Crippen LogP contribution in [0.25, 0.3) is 0 Å². The summed E-state index contributed by atoms with van der Waals surface area (Å²) in [5.74, 6) is -0.568. The number of likely N-dealkylation sites (N-methyl/N-ethyl adjacent to an activating group) is 1. The van der Waals surface area contributed by atoms with Gasteiger partial charge >= 0.3 is 0 Å². The first-order chi connectivity index (χ1) is 13.5. The van der Waals surface area contributed by atoms with E-state index in [0.29, 0.717) is 23.6 Å². The summed E-state index contributed by atoms with van der Waals surface area (Å²) in [6, 6.07) is 11.6. The number of benzene rings is 1. The summed E-state index contributed by atoms with van der Waals surface area (Å²) < 4.78 is 10.8. The molecule has 142 valence electrons. The molecule has 0 spiro atoms. The minimum absolute atomic E-state index is 0.148. The molecule has 1 aliphatic heterocycles. The molecule has 1 aromatic rings. The van der Waals surface area contributed by atoms with Crippen LogP contribution in [0.3, 0.4) is 0 Å². The molecule has 0 saturated heterocycles.